The van der Waals surface area contributed by atoms with Gasteiger partial charge in [0.05, 0.1) is 6.61 Å². The Bertz CT molecular complexity index is 985. The number of nitrogens with one attached hydrogen (secondary N) is 1. The van der Waals surface area contributed by atoms with E-state index >= 15 is 0 Å². The van der Waals surface area contributed by atoms with Crippen molar-refractivity contribution in [3.63, 3.8) is 0 Å². The highest BCUT2D eigenvalue weighted by Crippen LogP contribution is 2.32. The number of amides is 1. The number of carbonyl (C=O) groups is 2. The average molecular weight is 557 g/mol. The average Bonchev–Trinajstić information content (AvgIpc) is 2.69. The van der Waals surface area contributed by atoms with Crippen molar-refractivity contribution < 1.29 is 83.6 Å². The molecule has 0 bridgehead atoms. The number of carbonyl (C=O) groups excluding carboxylic acids is 1. The molecule has 8 N–H and O–H groups in total. The van der Waals surface area contributed by atoms with Crippen molar-refractivity contribution in [1.82, 2.24) is 5.32 Å². The van der Waals surface area contributed by atoms with Gasteiger partial charge in [0.2, 0.25) is 5.91 Å². The molecule has 0 spiro atoms. The van der Waals surface area contributed by atoms with E-state index in [0.29, 0.717) is 0 Å². The van der Waals surface area contributed by atoms with Crippen LogP contribution in [-0.2, 0) is 53.0 Å². The fourth-order valence-corrected chi connectivity index (χ4v) is 4.42. The molecule has 204 valence electrons. The Kier molecular flexibility index (Phi) is 9.48. The van der Waals surface area contributed by atoms with Crippen LogP contribution < -0.4 is 5.32 Å². The van der Waals surface area contributed by atoms with Crippen LogP contribution in [0.25, 0.3) is 0 Å². The summed E-state index contributed by atoms with van der Waals surface area (Å²) < 4.78 is 87.2. The molecule has 0 aromatic heterocycles. The van der Waals surface area contributed by atoms with Crippen molar-refractivity contribution in [2.45, 2.75) is 68.3 Å². The van der Waals surface area contributed by atoms with Crippen molar-refractivity contribution in [3.8, 4) is 0 Å². The van der Waals surface area contributed by atoms with E-state index in [4.69, 9.17) is 23.3 Å². The first-order valence-electron chi connectivity index (χ1n) is 9.38. The molecular weight excluding hydrogens is 534 g/mol. The number of hydrogen-bond acceptors (Lipinski definition) is 15. The first kappa shape index (κ1) is 29.6. The maximum absolute atomic E-state index is 11.6. The number of aliphatic hydroxyl groups excluding tert-OH is 4. The summed E-state index contributed by atoms with van der Waals surface area (Å²) in [6.07, 6.45) is -19.9. The number of carboxylic acids is 1. The quantitative estimate of drug-likeness (QED) is 0.123. The molecule has 10 atom stereocenters. The van der Waals surface area contributed by atoms with Crippen LogP contribution in [0.5, 0.6) is 0 Å². The fraction of sp³-hybridized carbons (Fsp3) is 0.857. The van der Waals surface area contributed by atoms with E-state index in [9.17, 15) is 52.0 Å². The molecule has 0 saturated carbocycles. The lowest BCUT2D eigenvalue weighted by molar-refractivity contribution is -0.331. The summed E-state index contributed by atoms with van der Waals surface area (Å²) in [5.74, 6) is -2.77. The van der Waals surface area contributed by atoms with Crippen molar-refractivity contribution in [2.24, 2.45) is 0 Å². The van der Waals surface area contributed by atoms with Crippen LogP contribution in [-0.4, -0.2) is 131 Å². The Morgan fingerprint density at radius 2 is 1.46 bits per heavy atom. The number of hydrogen-bond donors (Lipinski definition) is 8. The molecule has 35 heavy (non-hydrogen) atoms. The minimum absolute atomic E-state index is 0.881. The minimum atomic E-state index is -5.42. The van der Waals surface area contributed by atoms with Gasteiger partial charge in [-0.05, 0) is 0 Å². The Labute approximate surface area is 197 Å². The van der Waals surface area contributed by atoms with Gasteiger partial charge in [0, 0.05) is 6.92 Å². The number of aliphatic hydroxyl groups is 4. The van der Waals surface area contributed by atoms with E-state index < -0.39 is 101 Å². The molecule has 2 aliphatic rings. The van der Waals surface area contributed by atoms with Gasteiger partial charge in [0.15, 0.2) is 24.8 Å². The summed E-state index contributed by atoms with van der Waals surface area (Å²) in [6.45, 7) is -0.151. The smallest absolute Gasteiger partial charge is 0.397 e. The predicted octanol–water partition coefficient (Wildman–Crippen LogP) is -5.51. The van der Waals surface area contributed by atoms with Crippen LogP contribution in [0.4, 0.5) is 0 Å². The van der Waals surface area contributed by atoms with Crippen molar-refractivity contribution in [2.75, 3.05) is 6.61 Å². The van der Waals surface area contributed by atoms with Gasteiger partial charge >= 0.3 is 26.8 Å². The summed E-state index contributed by atoms with van der Waals surface area (Å²) in [6, 6.07) is -1.82. The highest BCUT2D eigenvalue weighted by molar-refractivity contribution is 7.81. The highest BCUT2D eigenvalue weighted by Gasteiger charge is 2.55. The molecule has 1 amide bonds. The SMILES string of the molecule is CC(=O)NC1C(O)OC(CO)C(OS(=O)(=O)O)C1OC1OC(C(=O)O)C(O)C(O)C1OS(=O)(=O)O. The third kappa shape index (κ3) is 7.69. The summed E-state index contributed by atoms with van der Waals surface area (Å²) in [5.41, 5.74) is 0. The van der Waals surface area contributed by atoms with Crippen LogP contribution in [0.1, 0.15) is 6.92 Å². The summed E-state index contributed by atoms with van der Waals surface area (Å²) in [4.78, 5) is 23.0. The molecule has 0 aliphatic carbocycles. The molecule has 0 radical (unpaired) electrons. The Balaban J connectivity index is 2.55. The van der Waals surface area contributed by atoms with E-state index in [1.54, 1.807) is 0 Å². The van der Waals surface area contributed by atoms with E-state index in [1.165, 1.54) is 0 Å². The van der Waals surface area contributed by atoms with Gasteiger partial charge < -0.3 is 45.1 Å². The molecule has 0 aromatic rings. The van der Waals surface area contributed by atoms with Gasteiger partial charge in [0.25, 0.3) is 0 Å². The van der Waals surface area contributed by atoms with Crippen LogP contribution in [0.15, 0.2) is 0 Å². The molecule has 2 rings (SSSR count). The second-order valence-corrected chi connectivity index (χ2v) is 9.39. The molecule has 2 fully saturated rings. The zero-order valence-corrected chi connectivity index (χ0v) is 19.1. The largest absolute Gasteiger partial charge is 0.479 e. The third-order valence-electron chi connectivity index (χ3n) is 4.76. The predicted molar refractivity (Wildman–Crippen MR) is 102 cm³/mol. The monoisotopic (exact) mass is 557 g/mol. The van der Waals surface area contributed by atoms with Crippen LogP contribution in [0, 0.1) is 0 Å². The molecule has 2 aliphatic heterocycles. The van der Waals surface area contributed by atoms with E-state index in [0.717, 1.165) is 6.92 Å². The lowest BCUT2D eigenvalue weighted by atomic mass is 9.95. The van der Waals surface area contributed by atoms with Gasteiger partial charge in [-0.15, -0.1) is 0 Å². The third-order valence-corrected chi connectivity index (χ3v) is 5.69. The lowest BCUT2D eigenvalue weighted by Gasteiger charge is -2.47. The molecule has 21 heteroatoms. The van der Waals surface area contributed by atoms with Crippen molar-refractivity contribution >= 4 is 32.7 Å². The summed E-state index contributed by atoms with van der Waals surface area (Å²) in [7, 11) is -10.8. The highest BCUT2D eigenvalue weighted by atomic mass is 32.3. The topological polar surface area (TPSA) is 302 Å². The Morgan fingerprint density at radius 1 is 0.914 bits per heavy atom. The first-order valence-corrected chi connectivity index (χ1v) is 12.1. The minimum Gasteiger partial charge on any atom is -0.479 e. The zero-order chi connectivity index (χ0) is 26.9. The zero-order valence-electron chi connectivity index (χ0n) is 17.4. The molecule has 0 aromatic carbocycles. The van der Waals surface area contributed by atoms with Crippen molar-refractivity contribution in [1.29, 1.82) is 0 Å². The van der Waals surface area contributed by atoms with Gasteiger partial charge in [-0.1, -0.05) is 0 Å². The Hall–Kier alpha value is -1.60. The van der Waals surface area contributed by atoms with E-state index in [-0.39, 0.29) is 0 Å². The second-order valence-electron chi connectivity index (χ2n) is 7.30. The number of carboxylic acid groups (broad SMARTS) is 1. The lowest BCUT2D eigenvalue weighted by Crippen LogP contribution is -2.68. The molecule has 19 nitrogen and oxygen atoms in total. The molecule has 2 heterocycles. The van der Waals surface area contributed by atoms with Crippen LogP contribution in [0.3, 0.4) is 0 Å². The summed E-state index contributed by atoms with van der Waals surface area (Å²) in [5, 5.41) is 51.2. The van der Waals surface area contributed by atoms with Crippen LogP contribution in [0.2, 0.25) is 0 Å². The van der Waals surface area contributed by atoms with Gasteiger partial charge in [-0.3, -0.25) is 13.9 Å². The van der Waals surface area contributed by atoms with Crippen LogP contribution >= 0.6 is 0 Å². The first-order chi connectivity index (χ1) is 15.9. The summed E-state index contributed by atoms with van der Waals surface area (Å²) >= 11 is 0. The van der Waals surface area contributed by atoms with E-state index in [1.807, 2.05) is 0 Å². The Morgan fingerprint density at radius 3 is 1.91 bits per heavy atom. The standard InChI is InChI=1S/C14H23NO18S2/c1-3(17)15-5-9(8(32-34(23,24)25)4(2-16)29-13(5)22)30-14-11(33-35(26,27)28)7(19)6(18)10(31-14)12(20)21/h4-11,13-14,16,18-19,22H,2H2,1H3,(H,15,17)(H,20,21)(H,23,24,25)(H,26,27,28). The number of ether oxygens (including phenoxy) is 3. The van der Waals surface area contributed by atoms with Crippen molar-refractivity contribution in [3.05, 3.63) is 0 Å². The fourth-order valence-electron chi connectivity index (χ4n) is 3.42. The van der Waals surface area contributed by atoms with Gasteiger partial charge in [0.1, 0.15) is 36.6 Å². The maximum Gasteiger partial charge on any atom is 0.397 e. The van der Waals surface area contributed by atoms with Gasteiger partial charge in [-0.25, -0.2) is 13.2 Å². The number of aliphatic carboxylic acids is 1. The van der Waals surface area contributed by atoms with Gasteiger partial charge in [-0.2, -0.15) is 16.8 Å². The normalized spacial score (nSPS) is 38.6. The maximum atomic E-state index is 11.6. The van der Waals surface area contributed by atoms with E-state index in [2.05, 4.69) is 13.7 Å². The molecule has 10 unspecified atom stereocenters. The molecular formula is C14H23NO18S2. The molecule has 2 saturated heterocycles. The second kappa shape index (κ2) is 11.2. The number of rotatable bonds is 9.